The molecule has 0 saturated carbocycles. The van der Waals surface area contributed by atoms with Crippen LogP contribution in [-0.2, 0) is 13.7 Å². The van der Waals surface area contributed by atoms with Crippen molar-refractivity contribution in [2.45, 2.75) is 6.61 Å². The van der Waals surface area contributed by atoms with E-state index in [0.717, 1.165) is 16.9 Å². The zero-order chi connectivity index (χ0) is 15.0. The summed E-state index contributed by atoms with van der Waals surface area (Å²) in [6.45, 7) is 0.310. The van der Waals surface area contributed by atoms with Gasteiger partial charge in [0.05, 0.1) is 16.1 Å². The summed E-state index contributed by atoms with van der Waals surface area (Å²) in [5.41, 5.74) is 1.84. The summed E-state index contributed by atoms with van der Waals surface area (Å²) in [4.78, 5) is 4.53. The first-order valence-corrected chi connectivity index (χ1v) is 7.36. The van der Waals surface area contributed by atoms with Gasteiger partial charge in [0.1, 0.15) is 18.2 Å². The largest absolute Gasteiger partial charge is 0.484 e. The van der Waals surface area contributed by atoms with Crippen molar-refractivity contribution in [1.29, 1.82) is 0 Å². The Kier molecular flexibility index (Phi) is 3.98. The summed E-state index contributed by atoms with van der Waals surface area (Å²) in [6, 6.07) is 10.7. The summed E-state index contributed by atoms with van der Waals surface area (Å²) in [5.74, 6) is 1.37. The summed E-state index contributed by atoms with van der Waals surface area (Å²) < 4.78 is 7.66. The Morgan fingerprint density at radius 1 is 1.05 bits per heavy atom. The van der Waals surface area contributed by atoms with E-state index in [0.29, 0.717) is 27.4 Å². The lowest BCUT2D eigenvalue weighted by atomic mass is 10.3. The monoisotopic (exact) mass is 340 g/mol. The zero-order valence-corrected chi connectivity index (χ0v) is 13.4. The maximum Gasteiger partial charge on any atom is 0.147 e. The van der Waals surface area contributed by atoms with E-state index >= 15 is 0 Å². The van der Waals surface area contributed by atoms with Crippen LogP contribution in [0.4, 0.5) is 0 Å². The average Bonchev–Trinajstić information content (AvgIpc) is 2.75. The number of rotatable bonds is 3. The molecule has 2 aromatic carbocycles. The van der Waals surface area contributed by atoms with E-state index in [4.69, 9.17) is 39.5 Å². The predicted molar refractivity (Wildman–Crippen MR) is 86.5 cm³/mol. The van der Waals surface area contributed by atoms with E-state index in [2.05, 4.69) is 4.98 Å². The first-order valence-electron chi connectivity index (χ1n) is 6.23. The summed E-state index contributed by atoms with van der Waals surface area (Å²) in [6.07, 6.45) is 0. The van der Waals surface area contributed by atoms with E-state index in [9.17, 15) is 0 Å². The van der Waals surface area contributed by atoms with Gasteiger partial charge in [-0.15, -0.1) is 0 Å². The fourth-order valence-corrected chi connectivity index (χ4v) is 2.71. The minimum absolute atomic E-state index is 0.310. The fraction of sp³-hybridized carbons (Fsp3) is 0.133. The minimum atomic E-state index is 0.310. The molecule has 21 heavy (non-hydrogen) atoms. The number of imidazole rings is 1. The topological polar surface area (TPSA) is 27.1 Å². The number of nitrogens with zero attached hydrogens (tertiary/aromatic N) is 2. The summed E-state index contributed by atoms with van der Waals surface area (Å²) in [7, 11) is 1.92. The van der Waals surface area contributed by atoms with Crippen molar-refractivity contribution in [2.24, 2.45) is 7.05 Å². The van der Waals surface area contributed by atoms with Crippen LogP contribution in [0.5, 0.6) is 5.75 Å². The highest BCUT2D eigenvalue weighted by atomic mass is 35.5. The Labute approximate surface area is 137 Å². The Morgan fingerprint density at radius 2 is 1.76 bits per heavy atom. The van der Waals surface area contributed by atoms with Gasteiger partial charge in [-0.05, 0) is 36.4 Å². The van der Waals surface area contributed by atoms with Crippen molar-refractivity contribution in [1.82, 2.24) is 9.55 Å². The van der Waals surface area contributed by atoms with Crippen molar-refractivity contribution in [3.05, 3.63) is 57.3 Å². The van der Waals surface area contributed by atoms with Crippen LogP contribution in [0.1, 0.15) is 5.82 Å². The molecule has 0 bridgehead atoms. The van der Waals surface area contributed by atoms with Gasteiger partial charge >= 0.3 is 0 Å². The second kappa shape index (κ2) is 5.76. The number of hydrogen-bond donors (Lipinski definition) is 0. The molecule has 0 amide bonds. The molecule has 1 heterocycles. The molecule has 108 valence electrons. The Bertz CT molecular complexity index is 814. The number of benzene rings is 2. The van der Waals surface area contributed by atoms with Gasteiger partial charge in [0.15, 0.2) is 0 Å². The van der Waals surface area contributed by atoms with Crippen molar-refractivity contribution in [2.75, 3.05) is 0 Å². The standard InChI is InChI=1S/C15H11Cl3N2O/c1-20-13-7-10(17)2-4-12(13)19-15(20)8-21-14-5-3-9(16)6-11(14)18/h2-7H,8H2,1H3. The van der Waals surface area contributed by atoms with Crippen LogP contribution >= 0.6 is 34.8 Å². The second-order valence-electron chi connectivity index (χ2n) is 4.58. The minimum Gasteiger partial charge on any atom is -0.484 e. The van der Waals surface area contributed by atoms with E-state index in [1.165, 1.54) is 0 Å². The summed E-state index contributed by atoms with van der Waals surface area (Å²) >= 11 is 17.9. The van der Waals surface area contributed by atoms with E-state index < -0.39 is 0 Å². The number of hydrogen-bond acceptors (Lipinski definition) is 2. The molecule has 0 fully saturated rings. The molecule has 1 aromatic heterocycles. The molecular formula is C15H11Cl3N2O. The Morgan fingerprint density at radius 3 is 2.52 bits per heavy atom. The highest BCUT2D eigenvalue weighted by Crippen LogP contribution is 2.28. The fourth-order valence-electron chi connectivity index (χ4n) is 2.08. The SMILES string of the molecule is Cn1c(COc2ccc(Cl)cc2Cl)nc2ccc(Cl)cc21. The molecule has 3 rings (SSSR count). The van der Waals surface area contributed by atoms with Crippen molar-refractivity contribution in [3.63, 3.8) is 0 Å². The summed E-state index contributed by atoms with van der Waals surface area (Å²) in [5, 5.41) is 1.73. The number of aromatic nitrogens is 2. The molecule has 0 N–H and O–H groups in total. The van der Waals surface area contributed by atoms with Gasteiger partial charge in [0, 0.05) is 17.1 Å². The lowest BCUT2D eigenvalue weighted by molar-refractivity contribution is 0.292. The third-order valence-corrected chi connectivity index (χ3v) is 3.95. The molecule has 0 aliphatic carbocycles. The molecular weight excluding hydrogens is 331 g/mol. The number of aryl methyl sites for hydroxylation is 1. The van der Waals surface area contributed by atoms with E-state index in [1.54, 1.807) is 18.2 Å². The van der Waals surface area contributed by atoms with Crippen LogP contribution < -0.4 is 4.74 Å². The lowest BCUT2D eigenvalue weighted by Gasteiger charge is -2.08. The maximum absolute atomic E-state index is 6.08. The quantitative estimate of drug-likeness (QED) is 0.661. The van der Waals surface area contributed by atoms with Crippen LogP contribution in [0, 0.1) is 0 Å². The lowest BCUT2D eigenvalue weighted by Crippen LogP contribution is -2.03. The van der Waals surface area contributed by atoms with Gasteiger partial charge in [0.2, 0.25) is 0 Å². The Balaban J connectivity index is 1.86. The molecule has 0 radical (unpaired) electrons. The highest BCUT2D eigenvalue weighted by Gasteiger charge is 2.10. The van der Waals surface area contributed by atoms with Gasteiger partial charge in [-0.2, -0.15) is 0 Å². The van der Waals surface area contributed by atoms with Crippen molar-refractivity contribution < 1.29 is 4.74 Å². The molecule has 3 aromatic rings. The van der Waals surface area contributed by atoms with Gasteiger partial charge in [0.25, 0.3) is 0 Å². The molecule has 0 spiro atoms. The average molecular weight is 342 g/mol. The maximum atomic E-state index is 6.08. The molecule has 0 aliphatic heterocycles. The number of ether oxygens (including phenoxy) is 1. The van der Waals surface area contributed by atoms with Crippen LogP contribution in [0.15, 0.2) is 36.4 Å². The first kappa shape index (κ1) is 14.5. The van der Waals surface area contributed by atoms with E-state index in [1.807, 2.05) is 29.8 Å². The smallest absolute Gasteiger partial charge is 0.147 e. The third-order valence-electron chi connectivity index (χ3n) is 3.19. The normalized spacial score (nSPS) is 11.0. The number of fused-ring (bicyclic) bond motifs is 1. The van der Waals surface area contributed by atoms with Gasteiger partial charge in [-0.25, -0.2) is 4.98 Å². The van der Waals surface area contributed by atoms with Gasteiger partial charge < -0.3 is 9.30 Å². The van der Waals surface area contributed by atoms with Crippen molar-refractivity contribution >= 4 is 45.8 Å². The number of halogens is 3. The van der Waals surface area contributed by atoms with Gasteiger partial charge in [-0.1, -0.05) is 34.8 Å². The van der Waals surface area contributed by atoms with Crippen LogP contribution in [-0.4, -0.2) is 9.55 Å². The molecule has 3 nitrogen and oxygen atoms in total. The first-order chi connectivity index (χ1) is 10.0. The van der Waals surface area contributed by atoms with Crippen LogP contribution in [0.25, 0.3) is 11.0 Å². The molecule has 0 atom stereocenters. The van der Waals surface area contributed by atoms with Gasteiger partial charge in [-0.3, -0.25) is 0 Å². The van der Waals surface area contributed by atoms with Crippen LogP contribution in [0.2, 0.25) is 15.1 Å². The second-order valence-corrected chi connectivity index (χ2v) is 5.86. The molecule has 0 unspecified atom stereocenters. The molecule has 0 aliphatic rings. The van der Waals surface area contributed by atoms with Crippen LogP contribution in [0.3, 0.4) is 0 Å². The van der Waals surface area contributed by atoms with E-state index in [-0.39, 0.29) is 0 Å². The highest BCUT2D eigenvalue weighted by molar-refractivity contribution is 6.35. The molecule has 6 heteroatoms. The third kappa shape index (κ3) is 2.95. The van der Waals surface area contributed by atoms with Crippen molar-refractivity contribution in [3.8, 4) is 5.75 Å². The Hall–Kier alpha value is -1.42. The predicted octanol–water partition coefficient (Wildman–Crippen LogP) is 5.11. The zero-order valence-electron chi connectivity index (χ0n) is 11.1. The molecule has 0 saturated heterocycles.